The average Bonchev–Trinajstić information content (AvgIpc) is 2.74. The van der Waals surface area contributed by atoms with Crippen molar-refractivity contribution >= 4 is 39.2 Å². The SMILES string of the molecule is O=C(NC1CCCCC1F)c1ccc(CN2C(=O)Nc3ccc(Cl)cc3S2(=O)=O)nc1. The number of anilines is 1. The molecule has 1 aromatic carbocycles. The number of hydrogen-bond donors (Lipinski definition) is 2. The molecule has 3 amide bonds. The first-order valence-electron chi connectivity index (χ1n) is 9.79. The number of hydrogen-bond acceptors (Lipinski definition) is 5. The number of carbonyl (C=O) groups excluding carboxylic acids is 2. The van der Waals surface area contributed by atoms with Crippen LogP contribution in [0.2, 0.25) is 5.02 Å². The smallest absolute Gasteiger partial charge is 0.336 e. The zero-order chi connectivity index (χ0) is 22.2. The number of aromatic nitrogens is 1. The Balaban J connectivity index is 1.48. The Hall–Kier alpha value is -2.72. The summed E-state index contributed by atoms with van der Waals surface area (Å²) < 4.78 is 40.4. The summed E-state index contributed by atoms with van der Waals surface area (Å²) >= 11 is 5.90. The van der Waals surface area contributed by atoms with Gasteiger partial charge in [0.25, 0.3) is 15.9 Å². The van der Waals surface area contributed by atoms with Crippen LogP contribution in [0.5, 0.6) is 0 Å². The molecule has 1 aliphatic carbocycles. The zero-order valence-corrected chi connectivity index (χ0v) is 17.9. The maximum absolute atomic E-state index is 13.9. The van der Waals surface area contributed by atoms with Gasteiger partial charge in [0.2, 0.25) is 0 Å². The summed E-state index contributed by atoms with van der Waals surface area (Å²) in [4.78, 5) is 28.8. The van der Waals surface area contributed by atoms with Crippen LogP contribution in [0.15, 0.2) is 41.4 Å². The Bertz CT molecular complexity index is 1130. The van der Waals surface area contributed by atoms with Gasteiger partial charge in [-0.15, -0.1) is 0 Å². The number of nitrogens with zero attached hydrogens (tertiary/aromatic N) is 2. The number of fused-ring (bicyclic) bond motifs is 1. The van der Waals surface area contributed by atoms with E-state index < -0.39 is 34.2 Å². The van der Waals surface area contributed by atoms with Gasteiger partial charge < -0.3 is 10.6 Å². The average molecular weight is 467 g/mol. The zero-order valence-electron chi connectivity index (χ0n) is 16.3. The minimum Gasteiger partial charge on any atom is -0.346 e. The lowest BCUT2D eigenvalue weighted by molar-refractivity contribution is 0.0883. The van der Waals surface area contributed by atoms with Crippen LogP contribution in [-0.2, 0) is 16.6 Å². The number of amides is 3. The van der Waals surface area contributed by atoms with Gasteiger partial charge in [0.1, 0.15) is 11.1 Å². The van der Waals surface area contributed by atoms with E-state index in [9.17, 15) is 22.4 Å². The monoisotopic (exact) mass is 466 g/mol. The number of nitrogens with one attached hydrogen (secondary N) is 2. The number of alkyl halides is 1. The predicted molar refractivity (Wildman–Crippen MR) is 112 cm³/mol. The Kier molecular flexibility index (Phi) is 5.85. The summed E-state index contributed by atoms with van der Waals surface area (Å²) in [5, 5.41) is 5.42. The standard InChI is InChI=1S/C20H20ClFN4O4S/c21-13-6-8-17-18(9-13)31(29,30)26(20(28)25-17)11-14-7-5-12(10-23-14)19(27)24-16-4-2-1-3-15(16)22/h5-10,15-16H,1-4,11H2,(H,24,27)(H,25,28). The Morgan fingerprint density at radius 1 is 1.26 bits per heavy atom. The highest BCUT2D eigenvalue weighted by Crippen LogP contribution is 2.33. The fraction of sp³-hybridized carbons (Fsp3) is 0.350. The van der Waals surface area contributed by atoms with Crippen molar-refractivity contribution in [2.24, 2.45) is 0 Å². The number of pyridine rings is 1. The third-order valence-corrected chi connectivity index (χ3v) is 7.37. The van der Waals surface area contributed by atoms with E-state index in [4.69, 9.17) is 11.6 Å². The van der Waals surface area contributed by atoms with E-state index in [0.29, 0.717) is 17.1 Å². The van der Waals surface area contributed by atoms with Crippen LogP contribution in [0.3, 0.4) is 0 Å². The number of halogens is 2. The highest BCUT2D eigenvalue weighted by molar-refractivity contribution is 7.90. The van der Waals surface area contributed by atoms with Gasteiger partial charge >= 0.3 is 6.03 Å². The van der Waals surface area contributed by atoms with E-state index in [1.165, 1.54) is 36.5 Å². The molecular formula is C20H20ClFN4O4S. The van der Waals surface area contributed by atoms with Gasteiger partial charge in [-0.05, 0) is 43.2 Å². The maximum Gasteiger partial charge on any atom is 0.336 e. The molecule has 2 aliphatic rings. The molecule has 31 heavy (non-hydrogen) atoms. The molecule has 1 aliphatic heterocycles. The summed E-state index contributed by atoms with van der Waals surface area (Å²) in [6.07, 6.45) is 2.91. The molecule has 8 nitrogen and oxygen atoms in total. The van der Waals surface area contributed by atoms with Gasteiger partial charge in [0.15, 0.2) is 0 Å². The molecule has 11 heteroatoms. The quantitative estimate of drug-likeness (QED) is 0.717. The molecule has 164 valence electrons. The molecular weight excluding hydrogens is 447 g/mol. The van der Waals surface area contributed by atoms with Crippen LogP contribution in [0, 0.1) is 0 Å². The van der Waals surface area contributed by atoms with E-state index in [0.717, 1.165) is 12.8 Å². The highest BCUT2D eigenvalue weighted by atomic mass is 35.5. The fourth-order valence-corrected chi connectivity index (χ4v) is 5.39. The molecule has 2 atom stereocenters. The molecule has 0 saturated heterocycles. The Morgan fingerprint density at radius 3 is 2.74 bits per heavy atom. The van der Waals surface area contributed by atoms with Crippen molar-refractivity contribution in [3.8, 4) is 0 Å². The van der Waals surface area contributed by atoms with E-state index in [2.05, 4.69) is 15.6 Å². The van der Waals surface area contributed by atoms with Gasteiger partial charge in [-0.1, -0.05) is 24.4 Å². The topological polar surface area (TPSA) is 108 Å². The van der Waals surface area contributed by atoms with Gasteiger partial charge in [0, 0.05) is 11.2 Å². The summed E-state index contributed by atoms with van der Waals surface area (Å²) in [5.74, 6) is -0.444. The lowest BCUT2D eigenvalue weighted by Gasteiger charge is -2.28. The van der Waals surface area contributed by atoms with Crippen molar-refractivity contribution in [3.05, 3.63) is 52.8 Å². The molecule has 1 aromatic heterocycles. The summed E-state index contributed by atoms with van der Waals surface area (Å²) in [6.45, 7) is -0.322. The molecule has 1 fully saturated rings. The van der Waals surface area contributed by atoms with Crippen molar-refractivity contribution in [1.82, 2.24) is 14.6 Å². The molecule has 0 radical (unpaired) electrons. The second-order valence-corrected chi connectivity index (χ2v) is 9.77. The number of sulfonamides is 1. The maximum atomic E-state index is 13.9. The highest BCUT2D eigenvalue weighted by Gasteiger charge is 2.37. The van der Waals surface area contributed by atoms with Gasteiger partial charge in [0.05, 0.1) is 29.5 Å². The van der Waals surface area contributed by atoms with E-state index >= 15 is 0 Å². The largest absolute Gasteiger partial charge is 0.346 e. The third-order valence-electron chi connectivity index (χ3n) is 5.37. The molecule has 2 aromatic rings. The summed E-state index contributed by atoms with van der Waals surface area (Å²) in [7, 11) is -4.13. The first-order chi connectivity index (χ1) is 14.8. The number of benzene rings is 1. The van der Waals surface area contributed by atoms with Crippen molar-refractivity contribution < 1.29 is 22.4 Å². The van der Waals surface area contributed by atoms with Crippen molar-refractivity contribution in [2.75, 3.05) is 5.32 Å². The van der Waals surface area contributed by atoms with E-state index in [1.54, 1.807) is 0 Å². The first kappa shape index (κ1) is 21.5. The normalized spacial score (nSPS) is 22.4. The van der Waals surface area contributed by atoms with E-state index in [-0.39, 0.29) is 33.4 Å². The summed E-state index contributed by atoms with van der Waals surface area (Å²) in [5.41, 5.74) is 0.644. The van der Waals surface area contributed by atoms with Gasteiger partial charge in [-0.3, -0.25) is 9.78 Å². The molecule has 4 rings (SSSR count). The van der Waals surface area contributed by atoms with Crippen LogP contribution in [0.25, 0.3) is 0 Å². The Morgan fingerprint density at radius 2 is 2.03 bits per heavy atom. The minimum absolute atomic E-state index is 0.108. The predicted octanol–water partition coefficient (Wildman–Crippen LogP) is 3.48. The van der Waals surface area contributed by atoms with Gasteiger partial charge in [-0.2, -0.15) is 0 Å². The number of carbonyl (C=O) groups is 2. The van der Waals surface area contributed by atoms with Crippen molar-refractivity contribution in [3.63, 3.8) is 0 Å². The molecule has 2 N–H and O–H groups in total. The molecule has 0 spiro atoms. The Labute approximate surface area is 183 Å². The van der Waals surface area contributed by atoms with Crippen molar-refractivity contribution in [1.29, 1.82) is 0 Å². The van der Waals surface area contributed by atoms with Gasteiger partial charge in [-0.25, -0.2) is 21.9 Å². The van der Waals surface area contributed by atoms with E-state index in [1.807, 2.05) is 0 Å². The fourth-order valence-electron chi connectivity index (χ4n) is 3.67. The first-order valence-corrected chi connectivity index (χ1v) is 11.6. The summed E-state index contributed by atoms with van der Waals surface area (Å²) in [6, 6.07) is 5.76. The van der Waals surface area contributed by atoms with Crippen LogP contribution in [-0.4, -0.2) is 41.9 Å². The lowest BCUT2D eigenvalue weighted by atomic mass is 9.93. The van der Waals surface area contributed by atoms with Crippen LogP contribution < -0.4 is 10.6 Å². The molecule has 2 unspecified atom stereocenters. The van der Waals surface area contributed by atoms with Crippen LogP contribution >= 0.6 is 11.6 Å². The third kappa shape index (κ3) is 4.35. The number of rotatable bonds is 4. The minimum atomic E-state index is -4.13. The van der Waals surface area contributed by atoms with Crippen molar-refractivity contribution in [2.45, 2.75) is 49.3 Å². The molecule has 2 heterocycles. The molecule has 1 saturated carbocycles. The van der Waals surface area contributed by atoms with Crippen LogP contribution in [0.1, 0.15) is 41.7 Å². The van der Waals surface area contributed by atoms with Crippen LogP contribution in [0.4, 0.5) is 14.9 Å². The molecule has 0 bridgehead atoms. The second-order valence-electron chi connectivity index (χ2n) is 7.50. The second kappa shape index (κ2) is 8.43. The number of urea groups is 1. The lowest BCUT2D eigenvalue weighted by Crippen LogP contribution is -2.43.